The number of carboxylic acids is 1. The molecule has 0 saturated heterocycles. The standard InChI is InChI=1S/C27H23ClO2/c1-27(2)15-14-22(19-6-4-3-5-7-19)23-16-18(9-13-24(23)27)8-10-20-11-12-21(26(29)30)17-25(20)28/h3-14,16-17H,15H2,1-2H3,(H,29,30). The summed E-state index contributed by atoms with van der Waals surface area (Å²) in [5.41, 5.74) is 7.24. The van der Waals surface area contributed by atoms with Crippen LogP contribution in [-0.4, -0.2) is 11.1 Å². The summed E-state index contributed by atoms with van der Waals surface area (Å²) in [5, 5.41) is 9.53. The molecule has 2 nitrogen and oxygen atoms in total. The number of carbonyl (C=O) groups is 1. The summed E-state index contributed by atoms with van der Waals surface area (Å²) in [6, 6.07) is 21.9. The average molecular weight is 415 g/mol. The minimum atomic E-state index is -0.982. The van der Waals surface area contributed by atoms with Crippen molar-refractivity contribution >= 4 is 35.3 Å². The number of hydrogen-bond acceptors (Lipinski definition) is 1. The first kappa shape index (κ1) is 20.2. The Labute approximate surface area is 182 Å². The first-order chi connectivity index (χ1) is 14.3. The monoisotopic (exact) mass is 414 g/mol. The molecule has 1 aliphatic carbocycles. The molecular formula is C27H23ClO2. The van der Waals surface area contributed by atoms with Crippen LogP contribution in [0.1, 0.15) is 58.4 Å². The zero-order chi connectivity index (χ0) is 21.3. The lowest BCUT2D eigenvalue weighted by Crippen LogP contribution is -2.21. The van der Waals surface area contributed by atoms with E-state index in [0.29, 0.717) is 5.02 Å². The van der Waals surface area contributed by atoms with Crippen molar-refractivity contribution in [3.63, 3.8) is 0 Å². The highest BCUT2D eigenvalue weighted by molar-refractivity contribution is 6.32. The smallest absolute Gasteiger partial charge is 0.335 e. The number of allylic oxidation sites excluding steroid dienone is 1. The number of aromatic carboxylic acids is 1. The molecule has 0 unspecified atom stereocenters. The Morgan fingerprint density at radius 2 is 1.77 bits per heavy atom. The van der Waals surface area contributed by atoms with E-state index in [9.17, 15) is 4.79 Å². The molecule has 30 heavy (non-hydrogen) atoms. The van der Waals surface area contributed by atoms with Gasteiger partial charge in [0, 0.05) is 5.02 Å². The second kappa shape index (κ2) is 7.97. The maximum Gasteiger partial charge on any atom is 0.335 e. The fourth-order valence-electron chi connectivity index (χ4n) is 3.93. The Balaban J connectivity index is 1.72. The molecule has 0 heterocycles. The third kappa shape index (κ3) is 3.96. The fraction of sp³-hybridized carbons (Fsp3) is 0.148. The lowest BCUT2D eigenvalue weighted by atomic mass is 9.72. The Morgan fingerprint density at radius 3 is 2.47 bits per heavy atom. The van der Waals surface area contributed by atoms with Crippen LogP contribution in [0.25, 0.3) is 17.7 Å². The van der Waals surface area contributed by atoms with E-state index < -0.39 is 5.97 Å². The molecule has 4 rings (SSSR count). The summed E-state index contributed by atoms with van der Waals surface area (Å²) in [6.07, 6.45) is 7.29. The second-order valence-electron chi connectivity index (χ2n) is 8.25. The van der Waals surface area contributed by atoms with Crippen LogP contribution in [0.15, 0.2) is 72.8 Å². The van der Waals surface area contributed by atoms with Crippen molar-refractivity contribution in [2.45, 2.75) is 25.7 Å². The van der Waals surface area contributed by atoms with Crippen molar-refractivity contribution < 1.29 is 9.90 Å². The summed E-state index contributed by atoms with van der Waals surface area (Å²) < 4.78 is 0. The summed E-state index contributed by atoms with van der Waals surface area (Å²) in [6.45, 7) is 4.56. The van der Waals surface area contributed by atoms with Crippen LogP contribution in [0, 0.1) is 0 Å². The largest absolute Gasteiger partial charge is 0.478 e. The lowest BCUT2D eigenvalue weighted by Gasteiger charge is -2.32. The molecule has 3 aromatic carbocycles. The van der Waals surface area contributed by atoms with Crippen LogP contribution in [0.5, 0.6) is 0 Å². The first-order valence-electron chi connectivity index (χ1n) is 9.96. The molecule has 0 spiro atoms. The van der Waals surface area contributed by atoms with E-state index in [1.807, 2.05) is 18.2 Å². The Kier molecular flexibility index (Phi) is 5.36. The summed E-state index contributed by atoms with van der Waals surface area (Å²) in [7, 11) is 0. The molecule has 0 fully saturated rings. The number of rotatable bonds is 4. The molecular weight excluding hydrogens is 392 g/mol. The van der Waals surface area contributed by atoms with Gasteiger partial charge in [-0.05, 0) is 63.4 Å². The van der Waals surface area contributed by atoms with Gasteiger partial charge in [0.1, 0.15) is 0 Å². The molecule has 0 bridgehead atoms. The van der Waals surface area contributed by atoms with E-state index in [1.54, 1.807) is 12.1 Å². The highest BCUT2D eigenvalue weighted by atomic mass is 35.5. The normalized spacial score (nSPS) is 15.0. The molecule has 0 amide bonds. The van der Waals surface area contributed by atoms with Crippen molar-refractivity contribution in [3.05, 3.63) is 111 Å². The molecule has 0 atom stereocenters. The Bertz CT molecular complexity index is 1170. The fourth-order valence-corrected chi connectivity index (χ4v) is 4.17. The number of benzene rings is 3. The van der Waals surface area contributed by atoms with Crippen molar-refractivity contribution in [2.75, 3.05) is 0 Å². The molecule has 0 aliphatic heterocycles. The molecule has 0 aromatic heterocycles. The Hall–Kier alpha value is -3.10. The van der Waals surface area contributed by atoms with Crippen LogP contribution in [0.3, 0.4) is 0 Å². The van der Waals surface area contributed by atoms with Gasteiger partial charge in [0.2, 0.25) is 0 Å². The Morgan fingerprint density at radius 1 is 1.00 bits per heavy atom. The average Bonchev–Trinajstić information content (AvgIpc) is 2.73. The minimum absolute atomic E-state index is 0.0891. The van der Waals surface area contributed by atoms with Gasteiger partial charge in [0.05, 0.1) is 5.56 Å². The van der Waals surface area contributed by atoms with Crippen LogP contribution >= 0.6 is 11.6 Å². The zero-order valence-corrected chi connectivity index (χ0v) is 17.8. The molecule has 3 aromatic rings. The SMILES string of the molecule is CC1(C)CC=C(c2ccccc2)c2cc(C=Cc3ccc(C(=O)O)cc3Cl)ccc21. The first-order valence-corrected chi connectivity index (χ1v) is 10.3. The number of carboxylic acid groups (broad SMARTS) is 1. The summed E-state index contributed by atoms with van der Waals surface area (Å²) in [4.78, 5) is 11.1. The van der Waals surface area contributed by atoms with E-state index in [1.165, 1.54) is 28.3 Å². The van der Waals surface area contributed by atoms with E-state index in [0.717, 1.165) is 17.5 Å². The summed E-state index contributed by atoms with van der Waals surface area (Å²) in [5.74, 6) is -0.982. The molecule has 150 valence electrons. The molecule has 3 heteroatoms. The molecule has 1 N–H and O–H groups in total. The maximum absolute atomic E-state index is 11.1. The highest BCUT2D eigenvalue weighted by Gasteiger charge is 2.28. The van der Waals surface area contributed by atoms with Crippen molar-refractivity contribution in [2.24, 2.45) is 0 Å². The van der Waals surface area contributed by atoms with E-state index in [2.05, 4.69) is 62.4 Å². The van der Waals surface area contributed by atoms with E-state index in [-0.39, 0.29) is 11.0 Å². The van der Waals surface area contributed by atoms with Crippen LogP contribution in [0.2, 0.25) is 5.02 Å². The van der Waals surface area contributed by atoms with Gasteiger partial charge in [-0.25, -0.2) is 4.79 Å². The highest BCUT2D eigenvalue weighted by Crippen LogP contribution is 2.41. The van der Waals surface area contributed by atoms with Gasteiger partial charge in [-0.15, -0.1) is 0 Å². The van der Waals surface area contributed by atoms with Gasteiger partial charge >= 0.3 is 5.97 Å². The van der Waals surface area contributed by atoms with Crippen LogP contribution < -0.4 is 0 Å². The van der Waals surface area contributed by atoms with Crippen LogP contribution in [-0.2, 0) is 5.41 Å². The number of halogens is 1. The summed E-state index contributed by atoms with van der Waals surface area (Å²) >= 11 is 6.27. The topological polar surface area (TPSA) is 37.3 Å². The van der Waals surface area contributed by atoms with Gasteiger partial charge in [0.15, 0.2) is 0 Å². The zero-order valence-electron chi connectivity index (χ0n) is 17.0. The predicted molar refractivity (Wildman–Crippen MR) is 125 cm³/mol. The lowest BCUT2D eigenvalue weighted by molar-refractivity contribution is 0.0697. The molecule has 1 aliphatic rings. The molecule has 0 saturated carbocycles. The van der Waals surface area contributed by atoms with E-state index in [4.69, 9.17) is 16.7 Å². The third-order valence-electron chi connectivity index (χ3n) is 5.67. The second-order valence-corrected chi connectivity index (χ2v) is 8.66. The van der Waals surface area contributed by atoms with E-state index >= 15 is 0 Å². The maximum atomic E-state index is 11.1. The quantitative estimate of drug-likeness (QED) is 0.454. The van der Waals surface area contributed by atoms with Gasteiger partial charge in [-0.1, -0.05) is 92.2 Å². The van der Waals surface area contributed by atoms with Gasteiger partial charge in [-0.2, -0.15) is 0 Å². The van der Waals surface area contributed by atoms with Gasteiger partial charge < -0.3 is 5.11 Å². The minimum Gasteiger partial charge on any atom is -0.478 e. The van der Waals surface area contributed by atoms with Gasteiger partial charge in [-0.3, -0.25) is 0 Å². The van der Waals surface area contributed by atoms with Crippen molar-refractivity contribution in [1.29, 1.82) is 0 Å². The number of fused-ring (bicyclic) bond motifs is 1. The van der Waals surface area contributed by atoms with Crippen molar-refractivity contribution in [3.8, 4) is 0 Å². The van der Waals surface area contributed by atoms with Crippen LogP contribution in [0.4, 0.5) is 0 Å². The van der Waals surface area contributed by atoms with Gasteiger partial charge in [0.25, 0.3) is 0 Å². The third-order valence-corrected chi connectivity index (χ3v) is 5.99. The number of hydrogen-bond donors (Lipinski definition) is 1. The predicted octanol–water partition coefficient (Wildman–Crippen LogP) is 7.32. The van der Waals surface area contributed by atoms with Crippen molar-refractivity contribution in [1.82, 2.24) is 0 Å². The molecule has 0 radical (unpaired) electrons.